The van der Waals surface area contributed by atoms with E-state index in [1.165, 1.54) is 7.11 Å². The number of alkyl halides is 4. The first-order valence-corrected chi connectivity index (χ1v) is 13.1. The Morgan fingerprint density at radius 1 is 0.750 bits per heavy atom. The second-order valence-corrected chi connectivity index (χ2v) is 10.0. The Bertz CT molecular complexity index is 1500. The molecule has 0 saturated heterocycles. The molecule has 44 heavy (non-hydrogen) atoms. The zero-order chi connectivity index (χ0) is 32.2. The Kier molecular flexibility index (Phi) is 10.0. The van der Waals surface area contributed by atoms with Crippen molar-refractivity contribution in [3.05, 3.63) is 89.7 Å². The molecule has 0 unspecified atom stereocenters. The Hall–Kier alpha value is -3.94. The smallest absolute Gasteiger partial charge is 0.429 e. The molecule has 3 aromatic carbocycles. The summed E-state index contributed by atoms with van der Waals surface area (Å²) >= 11 is 0. The SMILES string of the molecule is COCC1CCC(C(F)(F)Oc2ccc(-c3ccc(C(F)(F)Oc4ccc(OC(F)=C(F)F)c(F)c4)c(F)c3)c(F)c2)CC1. The van der Waals surface area contributed by atoms with Crippen molar-refractivity contribution in [3.63, 3.8) is 0 Å². The third-order valence-corrected chi connectivity index (χ3v) is 7.01. The molecule has 0 heterocycles. The summed E-state index contributed by atoms with van der Waals surface area (Å²) in [5, 5.41) is 0. The molecule has 0 spiro atoms. The minimum Gasteiger partial charge on any atom is -0.432 e. The molecule has 1 aliphatic rings. The lowest BCUT2D eigenvalue weighted by molar-refractivity contribution is -0.224. The molecule has 1 fully saturated rings. The van der Waals surface area contributed by atoms with Crippen LogP contribution in [0.15, 0.2) is 66.7 Å². The van der Waals surface area contributed by atoms with Gasteiger partial charge in [-0.25, -0.2) is 13.2 Å². The molecule has 0 aromatic heterocycles. The zero-order valence-electron chi connectivity index (χ0n) is 22.8. The summed E-state index contributed by atoms with van der Waals surface area (Å²) in [5.74, 6) is -7.54. The first-order chi connectivity index (χ1) is 20.7. The van der Waals surface area contributed by atoms with Gasteiger partial charge in [0.05, 0.1) is 11.5 Å². The van der Waals surface area contributed by atoms with Gasteiger partial charge < -0.3 is 18.9 Å². The molecule has 1 saturated carbocycles. The first kappa shape index (κ1) is 33.0. The van der Waals surface area contributed by atoms with Crippen molar-refractivity contribution in [1.29, 1.82) is 0 Å². The molecule has 4 nitrogen and oxygen atoms in total. The fraction of sp³-hybridized carbons (Fsp3) is 0.333. The summed E-state index contributed by atoms with van der Waals surface area (Å²) in [6, 6.07) is 3.81. The molecule has 1 aliphatic carbocycles. The van der Waals surface area contributed by atoms with Gasteiger partial charge in [-0.05, 0) is 73.6 Å². The maximum absolute atomic E-state index is 14.9. The number of benzene rings is 3. The quantitative estimate of drug-likeness (QED) is 0.155. The summed E-state index contributed by atoms with van der Waals surface area (Å²) in [5.41, 5.74) is -1.87. The minimum absolute atomic E-state index is 0.170. The van der Waals surface area contributed by atoms with E-state index in [0.717, 1.165) is 18.2 Å². The Morgan fingerprint density at radius 2 is 1.39 bits per heavy atom. The third kappa shape index (κ3) is 7.76. The van der Waals surface area contributed by atoms with Gasteiger partial charge in [0.15, 0.2) is 11.6 Å². The lowest BCUT2D eigenvalue weighted by Crippen LogP contribution is -2.37. The van der Waals surface area contributed by atoms with Crippen LogP contribution < -0.4 is 14.2 Å². The minimum atomic E-state index is -4.42. The van der Waals surface area contributed by atoms with Gasteiger partial charge in [0.25, 0.3) is 0 Å². The number of hydrogen-bond donors (Lipinski definition) is 0. The van der Waals surface area contributed by atoms with Crippen LogP contribution in [0.25, 0.3) is 11.1 Å². The molecule has 0 bridgehead atoms. The number of halogens is 10. The Balaban J connectivity index is 1.46. The molecule has 14 heteroatoms. The van der Waals surface area contributed by atoms with E-state index in [9.17, 15) is 43.9 Å². The molecule has 3 aromatic rings. The maximum Gasteiger partial charge on any atom is 0.429 e. The molecule has 0 radical (unpaired) electrons. The highest BCUT2D eigenvalue weighted by Crippen LogP contribution is 2.41. The Labute approximate surface area is 244 Å². The van der Waals surface area contributed by atoms with E-state index in [1.807, 2.05) is 0 Å². The van der Waals surface area contributed by atoms with Crippen LogP contribution in [0.4, 0.5) is 43.9 Å². The van der Waals surface area contributed by atoms with Gasteiger partial charge in [-0.3, -0.25) is 0 Å². The highest BCUT2D eigenvalue weighted by atomic mass is 19.3. The van der Waals surface area contributed by atoms with Crippen LogP contribution in [0.2, 0.25) is 0 Å². The van der Waals surface area contributed by atoms with Crippen molar-refractivity contribution in [2.75, 3.05) is 13.7 Å². The van der Waals surface area contributed by atoms with Crippen molar-refractivity contribution in [2.45, 2.75) is 37.9 Å². The fourth-order valence-corrected chi connectivity index (χ4v) is 4.82. The van der Waals surface area contributed by atoms with Gasteiger partial charge in [-0.1, -0.05) is 6.07 Å². The molecule has 0 amide bonds. The van der Waals surface area contributed by atoms with E-state index in [4.69, 9.17) is 9.47 Å². The number of hydrogen-bond acceptors (Lipinski definition) is 4. The third-order valence-electron chi connectivity index (χ3n) is 7.01. The molecule has 238 valence electrons. The van der Waals surface area contributed by atoms with Crippen LogP contribution >= 0.6 is 0 Å². The van der Waals surface area contributed by atoms with Crippen LogP contribution in [-0.4, -0.2) is 19.8 Å². The monoisotopic (exact) mass is 638 g/mol. The summed E-state index contributed by atoms with van der Waals surface area (Å²) in [7, 11) is 1.53. The molecule has 0 atom stereocenters. The predicted molar refractivity (Wildman–Crippen MR) is 137 cm³/mol. The van der Waals surface area contributed by atoms with Crippen LogP contribution in [0.3, 0.4) is 0 Å². The van der Waals surface area contributed by atoms with E-state index in [0.29, 0.717) is 49.8 Å². The van der Waals surface area contributed by atoms with Gasteiger partial charge in [0, 0.05) is 31.4 Å². The average Bonchev–Trinajstić information content (AvgIpc) is 2.94. The van der Waals surface area contributed by atoms with E-state index in [2.05, 4.69) is 9.47 Å². The second-order valence-electron chi connectivity index (χ2n) is 10.0. The summed E-state index contributed by atoms with van der Waals surface area (Å²) in [6.45, 7) is 0.469. The largest absolute Gasteiger partial charge is 0.432 e. The Morgan fingerprint density at radius 3 is 1.98 bits per heavy atom. The van der Waals surface area contributed by atoms with E-state index in [-0.39, 0.29) is 36.0 Å². The average molecular weight is 638 g/mol. The highest BCUT2D eigenvalue weighted by molar-refractivity contribution is 5.65. The van der Waals surface area contributed by atoms with Crippen molar-refractivity contribution in [1.82, 2.24) is 0 Å². The number of ether oxygens (including phenoxy) is 4. The van der Waals surface area contributed by atoms with Gasteiger partial charge in [0.1, 0.15) is 23.1 Å². The topological polar surface area (TPSA) is 36.9 Å². The molecular formula is C30H24F10O4. The van der Waals surface area contributed by atoms with Crippen molar-refractivity contribution in [2.24, 2.45) is 11.8 Å². The molecule has 0 N–H and O–H groups in total. The highest BCUT2D eigenvalue weighted by Gasteiger charge is 2.44. The van der Waals surface area contributed by atoms with Gasteiger partial charge in [-0.15, -0.1) is 0 Å². The van der Waals surface area contributed by atoms with Crippen LogP contribution in [0, 0.1) is 29.3 Å². The molecular weight excluding hydrogens is 614 g/mol. The van der Waals surface area contributed by atoms with Crippen LogP contribution in [0.1, 0.15) is 31.2 Å². The van der Waals surface area contributed by atoms with Crippen molar-refractivity contribution in [3.8, 4) is 28.4 Å². The van der Waals surface area contributed by atoms with Crippen LogP contribution in [-0.2, 0) is 10.8 Å². The maximum atomic E-state index is 14.9. The summed E-state index contributed by atoms with van der Waals surface area (Å²) < 4.78 is 158. The first-order valence-electron chi connectivity index (χ1n) is 13.1. The second kappa shape index (κ2) is 13.4. The van der Waals surface area contributed by atoms with E-state index < -0.39 is 70.5 Å². The van der Waals surface area contributed by atoms with Crippen molar-refractivity contribution >= 4 is 0 Å². The fourth-order valence-electron chi connectivity index (χ4n) is 4.82. The zero-order valence-corrected chi connectivity index (χ0v) is 22.8. The van der Waals surface area contributed by atoms with Gasteiger partial charge >= 0.3 is 24.3 Å². The molecule has 0 aliphatic heterocycles. The summed E-state index contributed by atoms with van der Waals surface area (Å²) in [6.07, 6.45) is -9.45. The number of methoxy groups -OCH3 is 1. The molecule has 4 rings (SSSR count). The predicted octanol–water partition coefficient (Wildman–Crippen LogP) is 9.74. The van der Waals surface area contributed by atoms with Gasteiger partial charge in [-0.2, -0.15) is 30.7 Å². The van der Waals surface area contributed by atoms with Crippen LogP contribution in [0.5, 0.6) is 17.2 Å². The lowest BCUT2D eigenvalue weighted by Gasteiger charge is -2.33. The standard InChI is InChI=1S/C30H24F10O4/c1-41-15-16-2-5-18(6-3-16)29(37,38)43-19-7-9-21(23(31)13-19)17-4-10-22(24(32)12-17)30(39,40)44-20-8-11-26(25(33)14-20)42-28(36)27(34)35/h4,7-14,16,18H,2-3,5-6,15H2,1H3. The normalized spacial score (nSPS) is 17.2. The summed E-state index contributed by atoms with van der Waals surface area (Å²) in [4.78, 5) is 0. The number of rotatable bonds is 11. The van der Waals surface area contributed by atoms with Gasteiger partial charge in [0.2, 0.25) is 0 Å². The van der Waals surface area contributed by atoms with Crippen molar-refractivity contribution < 1.29 is 62.9 Å². The van der Waals surface area contributed by atoms with E-state index in [1.54, 1.807) is 0 Å². The lowest BCUT2D eigenvalue weighted by atomic mass is 9.82. The van der Waals surface area contributed by atoms with E-state index >= 15 is 0 Å².